The number of nitrogens with two attached hydrogens (primary N) is 2. The van der Waals surface area contributed by atoms with E-state index in [4.69, 9.17) is 11.5 Å². The zero-order valence-corrected chi connectivity index (χ0v) is 20.4. The van der Waals surface area contributed by atoms with Crippen molar-refractivity contribution in [3.8, 4) is 22.4 Å². The first-order chi connectivity index (χ1) is 17.9. The second kappa shape index (κ2) is 10.4. The number of pyridine rings is 2. The average Bonchev–Trinajstić information content (AvgIpc) is 2.89. The van der Waals surface area contributed by atoms with Gasteiger partial charge in [0.15, 0.2) is 0 Å². The summed E-state index contributed by atoms with van der Waals surface area (Å²) in [6, 6.07) is 15.6. The minimum atomic E-state index is -0.499. The molecule has 4 aromatic rings. The third-order valence-electron chi connectivity index (χ3n) is 6.91. The first-order valence-corrected chi connectivity index (χ1v) is 12.4. The highest BCUT2D eigenvalue weighted by atomic mass is 16.3. The molecule has 1 saturated carbocycles. The number of hydrogen-bond acceptors (Lipinski definition) is 6. The molecule has 0 radical (unpaired) electrons. The van der Waals surface area contributed by atoms with Crippen molar-refractivity contribution in [1.29, 1.82) is 0 Å². The Morgan fingerprint density at radius 1 is 0.946 bits per heavy atom. The first-order valence-electron chi connectivity index (χ1n) is 12.4. The lowest BCUT2D eigenvalue weighted by molar-refractivity contribution is -0.117. The lowest BCUT2D eigenvalue weighted by atomic mass is 9.92. The van der Waals surface area contributed by atoms with Gasteiger partial charge in [0.2, 0.25) is 5.91 Å². The summed E-state index contributed by atoms with van der Waals surface area (Å²) in [4.78, 5) is 32.6. The van der Waals surface area contributed by atoms with Crippen molar-refractivity contribution in [2.45, 2.75) is 44.2 Å². The van der Waals surface area contributed by atoms with Crippen molar-refractivity contribution in [1.82, 2.24) is 9.97 Å². The maximum absolute atomic E-state index is 12.2. The second-order valence-electron chi connectivity index (χ2n) is 9.56. The Bertz CT molecular complexity index is 1480. The highest BCUT2D eigenvalue weighted by Crippen LogP contribution is 2.35. The van der Waals surface area contributed by atoms with E-state index in [1.54, 1.807) is 24.7 Å². The summed E-state index contributed by atoms with van der Waals surface area (Å²) in [6.45, 7) is 0. The van der Waals surface area contributed by atoms with Crippen LogP contribution in [0.2, 0.25) is 0 Å². The number of nitrogens with one attached hydrogen (secondary N) is 1. The van der Waals surface area contributed by atoms with Crippen LogP contribution in [0.5, 0.6) is 0 Å². The molecule has 37 heavy (non-hydrogen) atoms. The Morgan fingerprint density at radius 2 is 1.76 bits per heavy atom. The molecule has 2 aromatic heterocycles. The predicted octanol–water partition coefficient (Wildman–Crippen LogP) is 3.81. The number of carbonyl (C=O) groups is 2. The number of aromatic nitrogens is 2. The van der Waals surface area contributed by atoms with Gasteiger partial charge in [-0.15, -0.1) is 0 Å². The normalized spacial score (nSPS) is 17.4. The lowest BCUT2D eigenvalue weighted by Crippen LogP contribution is -2.29. The van der Waals surface area contributed by atoms with Crippen LogP contribution in [0.3, 0.4) is 0 Å². The molecule has 8 nitrogen and oxygen atoms in total. The molecule has 1 fully saturated rings. The fourth-order valence-electron chi connectivity index (χ4n) is 5.09. The molecule has 0 bridgehead atoms. The number of nitrogens with zero attached hydrogens (tertiary/aromatic N) is 2. The van der Waals surface area contributed by atoms with Gasteiger partial charge in [-0.1, -0.05) is 24.3 Å². The molecule has 2 amide bonds. The minimum absolute atomic E-state index is 0.125. The topological polar surface area (TPSA) is 144 Å². The third-order valence-corrected chi connectivity index (χ3v) is 6.91. The Kier molecular flexibility index (Phi) is 6.83. The maximum Gasteiger partial charge on any atom is 0.250 e. The zero-order chi connectivity index (χ0) is 25.9. The molecule has 188 valence electrons. The summed E-state index contributed by atoms with van der Waals surface area (Å²) in [6.07, 6.45) is 8.14. The van der Waals surface area contributed by atoms with Gasteiger partial charge < -0.3 is 21.9 Å². The molecule has 8 heteroatoms. The number of aliphatic hydroxyl groups is 1. The van der Waals surface area contributed by atoms with Gasteiger partial charge >= 0.3 is 0 Å². The molecular weight excluding hydrogens is 466 g/mol. The van der Waals surface area contributed by atoms with Gasteiger partial charge in [0.1, 0.15) is 0 Å². The molecule has 0 aliphatic heterocycles. The van der Waals surface area contributed by atoms with Crippen LogP contribution >= 0.6 is 0 Å². The van der Waals surface area contributed by atoms with Crippen LogP contribution in [-0.4, -0.2) is 39.0 Å². The van der Waals surface area contributed by atoms with Gasteiger partial charge in [0.05, 0.1) is 23.8 Å². The monoisotopic (exact) mass is 495 g/mol. The molecule has 0 atom stereocenters. The number of aliphatic hydroxyl groups excluding tert-OH is 1. The van der Waals surface area contributed by atoms with E-state index < -0.39 is 11.8 Å². The Morgan fingerprint density at radius 3 is 2.51 bits per heavy atom. The van der Waals surface area contributed by atoms with Gasteiger partial charge in [0.25, 0.3) is 5.91 Å². The molecule has 5 rings (SSSR count). The van der Waals surface area contributed by atoms with Crippen molar-refractivity contribution in [3.05, 3.63) is 78.2 Å². The number of benzene rings is 2. The summed E-state index contributed by atoms with van der Waals surface area (Å²) in [5.41, 5.74) is 16.4. The summed E-state index contributed by atoms with van der Waals surface area (Å²) < 4.78 is 0. The van der Waals surface area contributed by atoms with Crippen molar-refractivity contribution in [2.24, 2.45) is 11.5 Å². The van der Waals surface area contributed by atoms with E-state index in [1.807, 2.05) is 42.5 Å². The van der Waals surface area contributed by atoms with E-state index in [-0.39, 0.29) is 18.6 Å². The minimum Gasteiger partial charge on any atom is -0.393 e. The Balaban J connectivity index is 1.56. The van der Waals surface area contributed by atoms with Gasteiger partial charge in [-0.2, -0.15) is 0 Å². The molecule has 2 aromatic carbocycles. The molecule has 2 heterocycles. The number of primary amides is 2. The number of fused-ring (bicyclic) bond motifs is 1. The van der Waals surface area contributed by atoms with Gasteiger partial charge in [-0.3, -0.25) is 19.6 Å². The van der Waals surface area contributed by atoms with Crippen LogP contribution in [0.1, 0.15) is 41.6 Å². The van der Waals surface area contributed by atoms with Crippen LogP contribution in [0, 0.1) is 0 Å². The average molecular weight is 496 g/mol. The van der Waals surface area contributed by atoms with E-state index in [0.717, 1.165) is 64.4 Å². The van der Waals surface area contributed by atoms with Crippen molar-refractivity contribution in [3.63, 3.8) is 0 Å². The largest absolute Gasteiger partial charge is 0.393 e. The number of carbonyl (C=O) groups excluding carboxylic acids is 2. The van der Waals surface area contributed by atoms with E-state index in [2.05, 4.69) is 15.3 Å². The standard InChI is InChI=1S/C29H29N5O3/c30-27(36)13-17-12-19(16-32-15-17)22-2-1-3-24-23(22)10-11-33-28(24)18-4-9-25(29(31)37)26(14-18)34-20-5-7-21(35)8-6-20/h1-4,9-12,14-16,20-21,34-35H,5-8,13H2,(H2,30,36)(H2,31,37). The van der Waals surface area contributed by atoms with Gasteiger partial charge in [-0.25, -0.2) is 0 Å². The molecule has 0 unspecified atom stereocenters. The van der Waals surface area contributed by atoms with Crippen LogP contribution in [-0.2, 0) is 11.2 Å². The highest BCUT2D eigenvalue weighted by Gasteiger charge is 2.21. The van der Waals surface area contributed by atoms with E-state index in [1.165, 1.54) is 0 Å². The first kappa shape index (κ1) is 24.4. The maximum atomic E-state index is 12.2. The van der Waals surface area contributed by atoms with E-state index >= 15 is 0 Å². The van der Waals surface area contributed by atoms with Crippen LogP contribution < -0.4 is 16.8 Å². The lowest BCUT2D eigenvalue weighted by Gasteiger charge is -2.28. The third kappa shape index (κ3) is 5.29. The number of amides is 2. The fourth-order valence-corrected chi connectivity index (χ4v) is 5.09. The van der Waals surface area contributed by atoms with Crippen LogP contribution in [0.25, 0.3) is 33.2 Å². The van der Waals surface area contributed by atoms with E-state index in [9.17, 15) is 14.7 Å². The SMILES string of the molecule is NC(=O)Cc1cncc(-c2cccc3c(-c4ccc(C(N)=O)c(NC5CCC(O)CC5)c4)nccc23)c1. The summed E-state index contributed by atoms with van der Waals surface area (Å²) >= 11 is 0. The number of hydrogen-bond donors (Lipinski definition) is 4. The van der Waals surface area contributed by atoms with Crippen molar-refractivity contribution in [2.75, 3.05) is 5.32 Å². The summed E-state index contributed by atoms with van der Waals surface area (Å²) in [7, 11) is 0. The molecule has 1 aliphatic carbocycles. The summed E-state index contributed by atoms with van der Waals surface area (Å²) in [5, 5.41) is 15.3. The molecule has 1 aliphatic rings. The smallest absolute Gasteiger partial charge is 0.250 e. The van der Waals surface area contributed by atoms with Gasteiger partial charge in [-0.05, 0) is 66.5 Å². The molecular formula is C29H29N5O3. The van der Waals surface area contributed by atoms with E-state index in [0.29, 0.717) is 11.3 Å². The van der Waals surface area contributed by atoms with Crippen molar-refractivity contribution < 1.29 is 14.7 Å². The Hall–Kier alpha value is -4.30. The van der Waals surface area contributed by atoms with Gasteiger partial charge in [0, 0.05) is 46.8 Å². The zero-order valence-electron chi connectivity index (χ0n) is 20.4. The molecule has 0 saturated heterocycles. The second-order valence-corrected chi connectivity index (χ2v) is 9.56. The molecule has 0 spiro atoms. The fraction of sp³-hybridized carbons (Fsp3) is 0.241. The molecule has 6 N–H and O–H groups in total. The highest BCUT2D eigenvalue weighted by molar-refractivity contribution is 6.04. The summed E-state index contributed by atoms with van der Waals surface area (Å²) in [5.74, 6) is -0.905. The quantitative estimate of drug-likeness (QED) is 0.307. The van der Waals surface area contributed by atoms with Crippen LogP contribution in [0.15, 0.2) is 67.1 Å². The number of anilines is 1. The van der Waals surface area contributed by atoms with Crippen LogP contribution in [0.4, 0.5) is 5.69 Å². The van der Waals surface area contributed by atoms with Crippen molar-refractivity contribution >= 4 is 28.3 Å². The predicted molar refractivity (Wildman–Crippen MR) is 144 cm³/mol. The number of rotatable bonds is 7. The Labute approximate surface area is 214 Å².